The normalized spacial score (nSPS) is 37.5. The van der Waals surface area contributed by atoms with Gasteiger partial charge in [-0.25, -0.2) is 0 Å². The van der Waals surface area contributed by atoms with Crippen molar-refractivity contribution in [3.63, 3.8) is 0 Å². The van der Waals surface area contributed by atoms with Gasteiger partial charge in [-0.15, -0.1) is 0 Å². The number of rotatable bonds is 4. The summed E-state index contributed by atoms with van der Waals surface area (Å²) in [5.41, 5.74) is 2.38. The summed E-state index contributed by atoms with van der Waals surface area (Å²) in [6, 6.07) is 18.2. The largest absolute Gasteiger partial charge is 0.353 e. The molecule has 1 heterocycles. The topological polar surface area (TPSA) is 58.2 Å². The minimum Gasteiger partial charge on any atom is -0.353 e. The first-order valence-electron chi connectivity index (χ1n) is 14.2. The van der Waals surface area contributed by atoms with Gasteiger partial charge < -0.3 is 10.6 Å². The lowest BCUT2D eigenvalue weighted by molar-refractivity contribution is -0.141. The fraction of sp³-hybridized carbons (Fsp3) is 0.562. The SMILES string of the molecule is C[C@]12CCC(=O)N[C@@H]1CC[C@@H]1[C@@H]2CC[C@]2(C)[C@@H](C(=O)NC(c3ccccc3)c3ccc(Cl)cc3)CC[C@@H]12. The summed E-state index contributed by atoms with van der Waals surface area (Å²) in [6.07, 6.45) is 8.31. The highest BCUT2D eigenvalue weighted by Gasteiger charge is 2.61. The highest BCUT2D eigenvalue weighted by molar-refractivity contribution is 6.30. The summed E-state index contributed by atoms with van der Waals surface area (Å²) in [4.78, 5) is 26.2. The zero-order valence-corrected chi connectivity index (χ0v) is 22.8. The highest BCUT2D eigenvalue weighted by Crippen LogP contribution is 2.65. The minimum absolute atomic E-state index is 0.0353. The maximum atomic E-state index is 14.0. The summed E-state index contributed by atoms with van der Waals surface area (Å²) >= 11 is 6.17. The number of benzene rings is 2. The van der Waals surface area contributed by atoms with Crippen molar-refractivity contribution in [2.45, 2.75) is 77.3 Å². The molecular weight excluding hydrogens is 480 g/mol. The first kappa shape index (κ1) is 25.0. The molecule has 1 unspecified atom stereocenters. The number of hydrogen-bond donors (Lipinski definition) is 2. The van der Waals surface area contributed by atoms with Crippen LogP contribution in [0.5, 0.6) is 0 Å². The Bertz CT molecular complexity index is 1170. The molecule has 0 radical (unpaired) electrons. The van der Waals surface area contributed by atoms with Gasteiger partial charge in [0.05, 0.1) is 6.04 Å². The molecule has 3 saturated carbocycles. The Labute approximate surface area is 225 Å². The molecule has 2 N–H and O–H groups in total. The van der Waals surface area contributed by atoms with E-state index in [4.69, 9.17) is 11.6 Å². The number of halogens is 1. The molecule has 6 rings (SSSR count). The Hall–Kier alpha value is -2.33. The van der Waals surface area contributed by atoms with Gasteiger partial charge >= 0.3 is 0 Å². The summed E-state index contributed by atoms with van der Waals surface area (Å²) in [5.74, 6) is 2.36. The van der Waals surface area contributed by atoms with Gasteiger partial charge in [-0.05, 0) is 96.8 Å². The van der Waals surface area contributed by atoms with Gasteiger partial charge in [0.25, 0.3) is 0 Å². The van der Waals surface area contributed by atoms with Gasteiger partial charge in [-0.3, -0.25) is 9.59 Å². The van der Waals surface area contributed by atoms with E-state index in [2.05, 4.69) is 36.6 Å². The monoisotopic (exact) mass is 518 g/mol. The number of fused-ring (bicyclic) bond motifs is 5. The van der Waals surface area contributed by atoms with Crippen LogP contribution in [0.1, 0.15) is 82.4 Å². The average molecular weight is 519 g/mol. The molecule has 0 spiro atoms. The molecular formula is C32H39ClN2O2. The molecule has 4 aliphatic rings. The molecule has 3 aliphatic carbocycles. The maximum absolute atomic E-state index is 14.0. The number of nitrogens with one attached hydrogen (secondary N) is 2. The van der Waals surface area contributed by atoms with Crippen molar-refractivity contribution in [3.05, 3.63) is 70.7 Å². The van der Waals surface area contributed by atoms with Crippen LogP contribution >= 0.6 is 11.6 Å². The first-order valence-corrected chi connectivity index (χ1v) is 14.6. The van der Waals surface area contributed by atoms with Gasteiger partial charge in [0.1, 0.15) is 0 Å². The second kappa shape index (κ2) is 9.45. The Morgan fingerprint density at radius 1 is 0.892 bits per heavy atom. The third kappa shape index (κ3) is 4.20. The molecule has 196 valence electrons. The van der Waals surface area contributed by atoms with E-state index in [1.807, 2.05) is 42.5 Å². The van der Waals surface area contributed by atoms with E-state index in [1.54, 1.807) is 0 Å². The summed E-state index contributed by atoms with van der Waals surface area (Å²) < 4.78 is 0. The quantitative estimate of drug-likeness (QED) is 0.474. The van der Waals surface area contributed by atoms with Gasteiger partial charge in [-0.1, -0.05) is 67.9 Å². The number of hydrogen-bond acceptors (Lipinski definition) is 2. The second-order valence-electron chi connectivity index (χ2n) is 12.7. The van der Waals surface area contributed by atoms with Crippen molar-refractivity contribution in [3.8, 4) is 0 Å². The van der Waals surface area contributed by atoms with Crippen LogP contribution in [0.3, 0.4) is 0 Å². The molecule has 37 heavy (non-hydrogen) atoms. The van der Waals surface area contributed by atoms with E-state index in [9.17, 15) is 9.59 Å². The average Bonchev–Trinajstić information content (AvgIpc) is 3.26. The van der Waals surface area contributed by atoms with Gasteiger partial charge in [0, 0.05) is 23.4 Å². The molecule has 1 saturated heterocycles. The van der Waals surface area contributed by atoms with Crippen molar-refractivity contribution in [2.24, 2.45) is 34.5 Å². The molecule has 2 aromatic rings. The maximum Gasteiger partial charge on any atom is 0.224 e. The number of amides is 2. The van der Waals surface area contributed by atoms with E-state index in [-0.39, 0.29) is 34.6 Å². The van der Waals surface area contributed by atoms with Crippen molar-refractivity contribution >= 4 is 23.4 Å². The lowest BCUT2D eigenvalue weighted by Crippen LogP contribution is -2.61. The van der Waals surface area contributed by atoms with Crippen molar-refractivity contribution in [1.82, 2.24) is 10.6 Å². The van der Waals surface area contributed by atoms with E-state index in [1.165, 1.54) is 12.8 Å². The van der Waals surface area contributed by atoms with Crippen LogP contribution in [0.4, 0.5) is 0 Å². The Morgan fingerprint density at radius 3 is 2.35 bits per heavy atom. The van der Waals surface area contributed by atoms with Crippen LogP contribution in [0, 0.1) is 34.5 Å². The molecule has 2 amide bonds. The molecule has 0 aromatic heterocycles. The first-order chi connectivity index (χ1) is 17.8. The van der Waals surface area contributed by atoms with Crippen LogP contribution in [0.15, 0.2) is 54.6 Å². The smallest absolute Gasteiger partial charge is 0.224 e. The van der Waals surface area contributed by atoms with Gasteiger partial charge in [0.15, 0.2) is 0 Å². The predicted octanol–water partition coefficient (Wildman–Crippen LogP) is 6.68. The lowest BCUT2D eigenvalue weighted by atomic mass is 9.47. The predicted molar refractivity (Wildman–Crippen MR) is 147 cm³/mol. The van der Waals surface area contributed by atoms with Crippen molar-refractivity contribution < 1.29 is 9.59 Å². The lowest BCUT2D eigenvalue weighted by Gasteiger charge is -2.60. The molecule has 2 aromatic carbocycles. The Morgan fingerprint density at radius 2 is 1.59 bits per heavy atom. The fourth-order valence-corrected chi connectivity index (χ4v) is 9.16. The molecule has 4 fully saturated rings. The standard InChI is InChI=1S/C32H39ClN2O2/c1-31-18-16-25-23(12-15-27-32(25,2)19-17-28(36)34-27)24(31)13-14-26(31)30(37)35-29(20-6-4-3-5-7-20)21-8-10-22(33)11-9-21/h3-11,23-27,29H,12-19H2,1-2H3,(H,34,36)(H,35,37)/t23-,24-,25-,26+,27+,29?,31-,32+/m0/s1. The Kier molecular flexibility index (Phi) is 6.38. The van der Waals surface area contributed by atoms with Crippen LogP contribution in [-0.2, 0) is 9.59 Å². The fourth-order valence-electron chi connectivity index (χ4n) is 9.04. The van der Waals surface area contributed by atoms with Crippen LogP contribution in [0.25, 0.3) is 0 Å². The van der Waals surface area contributed by atoms with E-state index < -0.39 is 0 Å². The van der Waals surface area contributed by atoms with Gasteiger partial charge in [0.2, 0.25) is 11.8 Å². The second-order valence-corrected chi connectivity index (χ2v) is 13.1. The zero-order chi connectivity index (χ0) is 25.8. The number of piperidine rings is 1. The van der Waals surface area contributed by atoms with Crippen LogP contribution in [-0.4, -0.2) is 17.9 Å². The Balaban J connectivity index is 1.23. The number of carbonyl (C=O) groups is 2. The summed E-state index contributed by atoms with van der Waals surface area (Å²) in [6.45, 7) is 4.84. The number of carbonyl (C=O) groups excluding carboxylic acids is 2. The molecule has 5 heteroatoms. The molecule has 0 bridgehead atoms. The third-order valence-electron chi connectivity index (χ3n) is 11.0. The highest BCUT2D eigenvalue weighted by atomic mass is 35.5. The summed E-state index contributed by atoms with van der Waals surface area (Å²) in [7, 11) is 0. The molecule has 4 nitrogen and oxygen atoms in total. The van der Waals surface area contributed by atoms with E-state index in [0.29, 0.717) is 35.2 Å². The van der Waals surface area contributed by atoms with Crippen LogP contribution in [0.2, 0.25) is 5.02 Å². The summed E-state index contributed by atoms with van der Waals surface area (Å²) in [5, 5.41) is 7.50. The van der Waals surface area contributed by atoms with Crippen molar-refractivity contribution in [1.29, 1.82) is 0 Å². The van der Waals surface area contributed by atoms with Crippen LogP contribution < -0.4 is 10.6 Å². The third-order valence-corrected chi connectivity index (χ3v) is 11.3. The van der Waals surface area contributed by atoms with Crippen molar-refractivity contribution in [2.75, 3.05) is 0 Å². The van der Waals surface area contributed by atoms with E-state index >= 15 is 0 Å². The molecule has 8 atom stereocenters. The zero-order valence-electron chi connectivity index (χ0n) is 22.0. The minimum atomic E-state index is -0.190. The van der Waals surface area contributed by atoms with E-state index in [0.717, 1.165) is 43.2 Å². The molecule has 1 aliphatic heterocycles. The van der Waals surface area contributed by atoms with Gasteiger partial charge in [-0.2, -0.15) is 0 Å².